The number of hydrogen-bond acceptors (Lipinski definition) is 3. The molecule has 1 N–H and O–H groups in total. The normalized spacial score (nSPS) is 18.5. The van der Waals surface area contributed by atoms with Gasteiger partial charge >= 0.3 is 5.97 Å². The molecular formula is C14H17ClO4. The molecule has 1 saturated heterocycles. The molecule has 1 aromatic rings. The van der Waals surface area contributed by atoms with Crippen LogP contribution in [0.3, 0.4) is 0 Å². The van der Waals surface area contributed by atoms with Crippen LogP contribution in [0.2, 0.25) is 5.02 Å². The average molecular weight is 285 g/mol. The van der Waals surface area contributed by atoms with Crippen LogP contribution in [0.1, 0.15) is 25.3 Å². The van der Waals surface area contributed by atoms with Crippen molar-refractivity contribution in [1.29, 1.82) is 0 Å². The second kappa shape index (κ2) is 5.39. The molecule has 19 heavy (non-hydrogen) atoms. The minimum Gasteiger partial charge on any atom is -0.491 e. The molecule has 1 atom stereocenters. The molecule has 1 aromatic carbocycles. The summed E-state index contributed by atoms with van der Waals surface area (Å²) in [5.41, 5.74) is 0.721. The maximum Gasteiger partial charge on any atom is 0.310 e. The average Bonchev–Trinajstić information content (AvgIpc) is 2.34. The molecule has 4 nitrogen and oxygen atoms in total. The molecule has 0 aromatic heterocycles. The molecule has 0 radical (unpaired) electrons. The summed E-state index contributed by atoms with van der Waals surface area (Å²) in [4.78, 5) is 10.9. The van der Waals surface area contributed by atoms with E-state index in [0.29, 0.717) is 36.2 Å². The predicted molar refractivity (Wildman–Crippen MR) is 71.9 cm³/mol. The van der Waals surface area contributed by atoms with Crippen molar-refractivity contribution in [3.05, 3.63) is 28.8 Å². The summed E-state index contributed by atoms with van der Waals surface area (Å²) in [5.74, 6) is -0.871. The van der Waals surface area contributed by atoms with E-state index < -0.39 is 11.9 Å². The Morgan fingerprint density at radius 1 is 1.58 bits per heavy atom. The molecule has 0 bridgehead atoms. The van der Waals surface area contributed by atoms with Crippen LogP contribution in [0, 0.1) is 5.41 Å². The smallest absolute Gasteiger partial charge is 0.310 e. The SMILES string of the molecule is CC(C(=O)O)c1ccc(OCC2(C)COC2)c(Cl)c1. The summed E-state index contributed by atoms with van der Waals surface area (Å²) in [5, 5.41) is 9.40. The molecule has 1 heterocycles. The Morgan fingerprint density at radius 3 is 2.74 bits per heavy atom. The lowest BCUT2D eigenvalue weighted by molar-refractivity contribution is -0.138. The van der Waals surface area contributed by atoms with E-state index in [1.54, 1.807) is 25.1 Å². The zero-order valence-corrected chi connectivity index (χ0v) is 11.7. The van der Waals surface area contributed by atoms with Crippen LogP contribution >= 0.6 is 11.6 Å². The highest BCUT2D eigenvalue weighted by Crippen LogP contribution is 2.32. The molecule has 104 valence electrons. The Labute approximate surface area is 117 Å². The first kappa shape index (κ1) is 14.2. The Hall–Kier alpha value is -1.26. The van der Waals surface area contributed by atoms with Gasteiger partial charge in [0.25, 0.3) is 0 Å². The van der Waals surface area contributed by atoms with Crippen LogP contribution in [0.4, 0.5) is 0 Å². The fourth-order valence-corrected chi connectivity index (χ4v) is 2.08. The number of halogens is 1. The second-order valence-electron chi connectivity index (χ2n) is 5.34. The third-order valence-electron chi connectivity index (χ3n) is 3.30. The lowest BCUT2D eigenvalue weighted by Crippen LogP contribution is -2.44. The second-order valence-corrected chi connectivity index (χ2v) is 5.75. The number of ether oxygens (including phenoxy) is 2. The van der Waals surface area contributed by atoms with Gasteiger partial charge in [-0.2, -0.15) is 0 Å². The fraction of sp³-hybridized carbons (Fsp3) is 0.500. The van der Waals surface area contributed by atoms with Crippen LogP contribution < -0.4 is 4.74 Å². The van der Waals surface area contributed by atoms with E-state index >= 15 is 0 Å². The van der Waals surface area contributed by atoms with Crippen molar-refractivity contribution in [2.24, 2.45) is 5.41 Å². The van der Waals surface area contributed by atoms with E-state index in [0.717, 1.165) is 0 Å². The fourth-order valence-electron chi connectivity index (χ4n) is 1.83. The number of hydrogen-bond donors (Lipinski definition) is 1. The van der Waals surface area contributed by atoms with Crippen LogP contribution in [-0.4, -0.2) is 30.9 Å². The van der Waals surface area contributed by atoms with Gasteiger partial charge in [-0.3, -0.25) is 4.79 Å². The molecule has 1 unspecified atom stereocenters. The van der Waals surface area contributed by atoms with Crippen molar-refractivity contribution in [2.75, 3.05) is 19.8 Å². The molecule has 1 aliphatic heterocycles. The summed E-state index contributed by atoms with van der Waals surface area (Å²) in [7, 11) is 0. The summed E-state index contributed by atoms with van der Waals surface area (Å²) in [6, 6.07) is 5.11. The highest BCUT2D eigenvalue weighted by atomic mass is 35.5. The van der Waals surface area contributed by atoms with Crippen LogP contribution in [-0.2, 0) is 9.53 Å². The number of carboxylic acid groups (broad SMARTS) is 1. The Morgan fingerprint density at radius 2 is 2.26 bits per heavy atom. The van der Waals surface area contributed by atoms with Gasteiger partial charge in [-0.05, 0) is 24.6 Å². The molecular weight excluding hydrogens is 268 g/mol. The zero-order valence-electron chi connectivity index (χ0n) is 11.0. The molecule has 0 spiro atoms. The van der Waals surface area contributed by atoms with E-state index in [1.165, 1.54) is 0 Å². The Balaban J connectivity index is 2.04. The topological polar surface area (TPSA) is 55.8 Å². The van der Waals surface area contributed by atoms with Crippen molar-refractivity contribution in [1.82, 2.24) is 0 Å². The maximum absolute atomic E-state index is 10.9. The highest BCUT2D eigenvalue weighted by Gasteiger charge is 2.34. The third-order valence-corrected chi connectivity index (χ3v) is 3.60. The monoisotopic (exact) mass is 284 g/mol. The first-order valence-corrected chi connectivity index (χ1v) is 6.52. The summed E-state index contributed by atoms with van der Waals surface area (Å²) in [6.45, 7) is 5.64. The van der Waals surface area contributed by atoms with E-state index in [1.807, 2.05) is 0 Å². The molecule has 1 aliphatic rings. The highest BCUT2D eigenvalue weighted by molar-refractivity contribution is 6.32. The van der Waals surface area contributed by atoms with Crippen LogP contribution in [0.25, 0.3) is 0 Å². The van der Waals surface area contributed by atoms with Crippen molar-refractivity contribution in [3.63, 3.8) is 0 Å². The van der Waals surface area contributed by atoms with E-state index in [9.17, 15) is 4.79 Å². The lowest BCUT2D eigenvalue weighted by Gasteiger charge is -2.37. The van der Waals surface area contributed by atoms with Crippen molar-refractivity contribution in [3.8, 4) is 5.75 Å². The van der Waals surface area contributed by atoms with Gasteiger partial charge in [-0.15, -0.1) is 0 Å². The van der Waals surface area contributed by atoms with Crippen LogP contribution in [0.15, 0.2) is 18.2 Å². The van der Waals surface area contributed by atoms with Gasteiger partial charge in [0.2, 0.25) is 0 Å². The lowest BCUT2D eigenvalue weighted by atomic mass is 9.90. The minimum absolute atomic E-state index is 0.0519. The van der Waals surface area contributed by atoms with Gasteiger partial charge in [-0.25, -0.2) is 0 Å². The number of carboxylic acids is 1. The summed E-state index contributed by atoms with van der Waals surface area (Å²) in [6.07, 6.45) is 0. The Bertz CT molecular complexity index is 482. The summed E-state index contributed by atoms with van der Waals surface area (Å²) < 4.78 is 10.8. The van der Waals surface area contributed by atoms with E-state index in [2.05, 4.69) is 6.92 Å². The largest absolute Gasteiger partial charge is 0.491 e. The first-order chi connectivity index (χ1) is 8.91. The van der Waals surface area contributed by atoms with Gasteiger partial charge in [0, 0.05) is 5.41 Å². The predicted octanol–water partition coefficient (Wildman–Crippen LogP) is 2.94. The van der Waals surface area contributed by atoms with E-state index in [-0.39, 0.29) is 5.41 Å². The van der Waals surface area contributed by atoms with Gasteiger partial charge < -0.3 is 14.6 Å². The van der Waals surface area contributed by atoms with E-state index in [4.69, 9.17) is 26.2 Å². The number of carbonyl (C=O) groups is 1. The number of rotatable bonds is 5. The van der Waals surface area contributed by atoms with Gasteiger partial charge in [0.05, 0.1) is 30.8 Å². The molecule has 1 fully saturated rings. The molecule has 0 aliphatic carbocycles. The summed E-state index contributed by atoms with van der Waals surface area (Å²) >= 11 is 6.12. The first-order valence-electron chi connectivity index (χ1n) is 6.14. The molecule has 5 heteroatoms. The van der Waals surface area contributed by atoms with Crippen molar-refractivity contribution < 1.29 is 19.4 Å². The quantitative estimate of drug-likeness (QED) is 0.903. The van der Waals surface area contributed by atoms with Crippen LogP contribution in [0.5, 0.6) is 5.75 Å². The zero-order chi connectivity index (χ0) is 14.0. The van der Waals surface area contributed by atoms with Gasteiger partial charge in [0.15, 0.2) is 0 Å². The number of benzene rings is 1. The maximum atomic E-state index is 10.9. The van der Waals surface area contributed by atoms with Gasteiger partial charge in [-0.1, -0.05) is 24.6 Å². The molecule has 2 rings (SSSR count). The standard InChI is InChI=1S/C14H17ClO4/c1-9(13(16)17)10-3-4-12(11(15)5-10)19-8-14(2)6-18-7-14/h3-5,9H,6-8H2,1-2H3,(H,16,17). The van der Waals surface area contributed by atoms with Crippen molar-refractivity contribution in [2.45, 2.75) is 19.8 Å². The van der Waals surface area contributed by atoms with Gasteiger partial charge in [0.1, 0.15) is 5.75 Å². The third kappa shape index (κ3) is 3.19. The Kier molecular flexibility index (Phi) is 4.02. The number of aliphatic carboxylic acids is 1. The van der Waals surface area contributed by atoms with Crippen molar-refractivity contribution >= 4 is 17.6 Å². The molecule has 0 amide bonds. The molecule has 0 saturated carbocycles. The minimum atomic E-state index is -0.871.